The summed E-state index contributed by atoms with van der Waals surface area (Å²) in [6.45, 7) is 2.07. The van der Waals surface area contributed by atoms with Gasteiger partial charge in [0.1, 0.15) is 18.0 Å². The molecule has 9 rings (SSSR count). The Morgan fingerprint density at radius 1 is 0.735 bits per heavy atom. The summed E-state index contributed by atoms with van der Waals surface area (Å²) in [6, 6.07) is 41.2. The normalized spacial score (nSPS) is 11.2. The Morgan fingerprint density at radius 3 is 2.41 bits per heavy atom. The van der Waals surface area contributed by atoms with Gasteiger partial charge in [0, 0.05) is 48.0 Å². The molecule has 0 aliphatic carbocycles. The van der Waals surface area contributed by atoms with Gasteiger partial charge in [-0.3, -0.25) is 4.57 Å². The molecule has 9 nitrogen and oxygen atoms in total. The van der Waals surface area contributed by atoms with Gasteiger partial charge in [-0.05, 0) is 53.4 Å². The summed E-state index contributed by atoms with van der Waals surface area (Å²) in [5.74, 6) is 3.38. The van der Waals surface area contributed by atoms with Crippen molar-refractivity contribution in [1.82, 2.24) is 38.7 Å². The second-order valence-corrected chi connectivity index (χ2v) is 11.4. The van der Waals surface area contributed by atoms with Gasteiger partial charge < -0.3 is 9.30 Å². The number of imidazole rings is 1. The summed E-state index contributed by atoms with van der Waals surface area (Å²) < 4.78 is 14.2. The van der Waals surface area contributed by atoms with Crippen LogP contribution in [0.3, 0.4) is 0 Å². The van der Waals surface area contributed by atoms with Gasteiger partial charge in [0.25, 0.3) is 0 Å². The standard InChI is InChI=1S/C39H26N8O.Pt/c1-27-17-19-41-36(23-27)46-34-14-6-5-13-32(34)33-16-15-31(25-35(33)46)48-30-12-7-11-29(24-30)47-39(44-22-20-40-26-44)37(28-9-3-2-4-10-28)38(43-47)45-21-8-18-42-45;/h2-23,26H,1H3;/q-2;+2. The van der Waals surface area contributed by atoms with E-state index in [1.54, 1.807) is 23.4 Å². The molecule has 10 heteroatoms. The van der Waals surface area contributed by atoms with Crippen LogP contribution in [0.5, 0.6) is 11.5 Å². The minimum atomic E-state index is 0. The largest absolute Gasteiger partial charge is 2.00 e. The maximum atomic E-state index is 6.46. The molecule has 5 aromatic heterocycles. The number of aromatic nitrogens is 8. The van der Waals surface area contributed by atoms with Gasteiger partial charge in [-0.2, -0.15) is 17.2 Å². The molecule has 9 aromatic rings. The maximum Gasteiger partial charge on any atom is 2.00 e. The van der Waals surface area contributed by atoms with E-state index in [1.165, 1.54) is 0 Å². The Balaban J connectivity index is 0.00000348. The van der Waals surface area contributed by atoms with Gasteiger partial charge in [0.15, 0.2) is 5.82 Å². The third-order valence-electron chi connectivity index (χ3n) is 8.26. The Kier molecular flexibility index (Phi) is 7.74. The molecule has 0 saturated carbocycles. The van der Waals surface area contributed by atoms with Crippen molar-refractivity contribution in [2.75, 3.05) is 0 Å². The summed E-state index contributed by atoms with van der Waals surface area (Å²) in [7, 11) is 0. The second kappa shape index (κ2) is 12.5. The van der Waals surface area contributed by atoms with Crippen LogP contribution in [0.15, 0.2) is 140 Å². The van der Waals surface area contributed by atoms with Crippen LogP contribution in [-0.4, -0.2) is 38.7 Å². The predicted octanol–water partition coefficient (Wildman–Crippen LogP) is 8.10. The number of aryl methyl sites for hydroxylation is 1. The quantitative estimate of drug-likeness (QED) is 0.152. The molecule has 0 N–H and O–H groups in total. The average Bonchev–Trinajstić information content (AvgIpc) is 3.94. The molecule has 0 unspecified atom stereocenters. The SMILES string of the molecule is Cc1ccnc(-n2c3[c-]c(Oc4[c-]c(-n5nc(-n6cccn6)c(-c6ccccc6)c5-n5ccnc5)ccc4)ccc3c3ccccc32)c1.[Pt+2]. The van der Waals surface area contributed by atoms with Crippen molar-refractivity contribution < 1.29 is 25.8 Å². The number of nitrogens with zero attached hydrogens (tertiary/aromatic N) is 8. The summed E-state index contributed by atoms with van der Waals surface area (Å²) in [6.07, 6.45) is 10.9. The van der Waals surface area contributed by atoms with Gasteiger partial charge in [0.05, 0.1) is 5.56 Å². The molecule has 5 heterocycles. The first-order valence-electron chi connectivity index (χ1n) is 15.5. The van der Waals surface area contributed by atoms with Crippen LogP contribution in [0.1, 0.15) is 5.56 Å². The molecular formula is C39H26N8OPt. The summed E-state index contributed by atoms with van der Waals surface area (Å²) in [5, 5.41) is 11.8. The summed E-state index contributed by atoms with van der Waals surface area (Å²) >= 11 is 0. The van der Waals surface area contributed by atoms with Gasteiger partial charge in [0.2, 0.25) is 0 Å². The van der Waals surface area contributed by atoms with Gasteiger partial charge in [-0.15, -0.1) is 40.8 Å². The molecular weight excluding hydrogens is 792 g/mol. The van der Waals surface area contributed by atoms with Crippen molar-refractivity contribution in [2.24, 2.45) is 0 Å². The number of hydrogen-bond donors (Lipinski definition) is 0. The Hall–Kier alpha value is -6.05. The van der Waals surface area contributed by atoms with Crippen LogP contribution >= 0.6 is 0 Å². The average molecular weight is 818 g/mol. The van der Waals surface area contributed by atoms with E-state index in [9.17, 15) is 0 Å². The predicted molar refractivity (Wildman–Crippen MR) is 184 cm³/mol. The summed E-state index contributed by atoms with van der Waals surface area (Å²) in [5.41, 5.74) is 5.64. The van der Waals surface area contributed by atoms with Crippen LogP contribution in [0.4, 0.5) is 0 Å². The zero-order chi connectivity index (χ0) is 32.0. The fourth-order valence-electron chi connectivity index (χ4n) is 6.16. The van der Waals surface area contributed by atoms with E-state index in [4.69, 9.17) is 14.8 Å². The second-order valence-electron chi connectivity index (χ2n) is 11.4. The minimum absolute atomic E-state index is 0. The first-order chi connectivity index (χ1) is 23.7. The number of benzene rings is 4. The Morgan fingerprint density at radius 2 is 1.59 bits per heavy atom. The van der Waals surface area contributed by atoms with E-state index >= 15 is 0 Å². The number of pyridine rings is 1. The molecule has 0 amide bonds. The zero-order valence-electron chi connectivity index (χ0n) is 26.1. The first-order valence-corrected chi connectivity index (χ1v) is 15.5. The smallest absolute Gasteiger partial charge is 0.509 e. The number of fused-ring (bicyclic) bond motifs is 3. The topological polar surface area (TPSA) is 80.5 Å². The number of rotatable bonds is 7. The van der Waals surface area contributed by atoms with E-state index in [1.807, 2.05) is 88.5 Å². The molecule has 4 aromatic carbocycles. The fraction of sp³-hybridized carbons (Fsp3) is 0.0256. The van der Waals surface area contributed by atoms with Gasteiger partial charge >= 0.3 is 21.1 Å². The fourth-order valence-corrected chi connectivity index (χ4v) is 6.16. The van der Waals surface area contributed by atoms with Crippen LogP contribution in [-0.2, 0) is 21.1 Å². The number of para-hydroxylation sites is 1. The van der Waals surface area contributed by atoms with Crippen LogP contribution in [0.25, 0.3) is 56.1 Å². The van der Waals surface area contributed by atoms with Crippen LogP contribution in [0, 0.1) is 19.1 Å². The maximum absolute atomic E-state index is 6.46. The van der Waals surface area contributed by atoms with Crippen molar-refractivity contribution in [3.63, 3.8) is 0 Å². The number of hydrogen-bond acceptors (Lipinski definition) is 5. The molecule has 0 spiro atoms. The zero-order valence-corrected chi connectivity index (χ0v) is 28.4. The van der Waals surface area contributed by atoms with Crippen molar-refractivity contribution >= 4 is 21.8 Å². The molecule has 0 aliphatic heterocycles. The molecule has 0 aliphatic rings. The van der Waals surface area contributed by atoms with E-state index in [-0.39, 0.29) is 21.1 Å². The third-order valence-corrected chi connectivity index (χ3v) is 8.26. The van der Waals surface area contributed by atoms with Crippen LogP contribution < -0.4 is 4.74 Å². The molecule has 49 heavy (non-hydrogen) atoms. The number of ether oxygens (including phenoxy) is 1. The molecule has 0 atom stereocenters. The summed E-state index contributed by atoms with van der Waals surface area (Å²) in [4.78, 5) is 9.04. The third kappa shape index (κ3) is 5.34. The van der Waals surface area contributed by atoms with E-state index in [2.05, 4.69) is 76.2 Å². The van der Waals surface area contributed by atoms with Gasteiger partial charge in [-0.25, -0.2) is 19.3 Å². The van der Waals surface area contributed by atoms with Crippen molar-refractivity contribution in [1.29, 1.82) is 0 Å². The van der Waals surface area contributed by atoms with E-state index < -0.39 is 0 Å². The first kappa shape index (κ1) is 30.3. The minimum Gasteiger partial charge on any atom is -0.509 e. The van der Waals surface area contributed by atoms with Crippen molar-refractivity contribution in [3.05, 3.63) is 158 Å². The van der Waals surface area contributed by atoms with E-state index in [0.29, 0.717) is 23.0 Å². The molecule has 0 saturated heterocycles. The van der Waals surface area contributed by atoms with Crippen molar-refractivity contribution in [2.45, 2.75) is 6.92 Å². The van der Waals surface area contributed by atoms with E-state index in [0.717, 1.165) is 50.1 Å². The Bertz CT molecular complexity index is 2550. The van der Waals surface area contributed by atoms with Crippen LogP contribution in [0.2, 0.25) is 0 Å². The molecule has 0 radical (unpaired) electrons. The molecule has 0 bridgehead atoms. The Labute approximate surface area is 295 Å². The molecule has 0 fully saturated rings. The monoisotopic (exact) mass is 817 g/mol. The van der Waals surface area contributed by atoms with Gasteiger partial charge in [-0.1, -0.05) is 54.0 Å². The molecule has 238 valence electrons. The van der Waals surface area contributed by atoms with Crippen molar-refractivity contribution in [3.8, 4) is 45.8 Å².